The number of aromatic nitrogens is 2. The summed E-state index contributed by atoms with van der Waals surface area (Å²) in [6.45, 7) is 2.12. The number of rotatable bonds is 4. The smallest absolute Gasteiger partial charge is 0.221 e. The van der Waals surface area contributed by atoms with Crippen LogP contribution in [0.3, 0.4) is 0 Å². The van der Waals surface area contributed by atoms with Crippen molar-refractivity contribution in [2.24, 2.45) is 5.10 Å². The first-order chi connectivity index (χ1) is 9.60. The standard InChI is InChI=1S/C14H13IN4O/c1-3-6-20-13-5-4-11(7-12(13)15)8-17-19-9-10(2)18-14(19)16/h1,4-5,7-9H,6H2,2H3,(H2,16,18). The summed E-state index contributed by atoms with van der Waals surface area (Å²) in [5, 5.41) is 4.26. The molecule has 20 heavy (non-hydrogen) atoms. The topological polar surface area (TPSA) is 65.4 Å². The Hall–Kier alpha value is -2.01. The molecule has 2 aromatic rings. The highest BCUT2D eigenvalue weighted by Gasteiger charge is 2.02. The van der Waals surface area contributed by atoms with Crippen molar-refractivity contribution in [1.82, 2.24) is 9.66 Å². The van der Waals surface area contributed by atoms with E-state index in [9.17, 15) is 0 Å². The van der Waals surface area contributed by atoms with Gasteiger partial charge in [-0.25, -0.2) is 9.66 Å². The lowest BCUT2D eigenvalue weighted by molar-refractivity contribution is 0.368. The molecular weight excluding hydrogens is 367 g/mol. The first-order valence-electron chi connectivity index (χ1n) is 5.82. The van der Waals surface area contributed by atoms with Crippen LogP contribution in [0.5, 0.6) is 5.75 Å². The van der Waals surface area contributed by atoms with Crippen LogP contribution in [0.1, 0.15) is 11.3 Å². The van der Waals surface area contributed by atoms with Gasteiger partial charge in [0.15, 0.2) is 0 Å². The molecule has 0 amide bonds. The number of nitrogens with two attached hydrogens (primary N) is 1. The number of anilines is 1. The van der Waals surface area contributed by atoms with E-state index in [-0.39, 0.29) is 6.61 Å². The molecule has 5 nitrogen and oxygen atoms in total. The Kier molecular flexibility index (Phi) is 4.63. The summed E-state index contributed by atoms with van der Waals surface area (Å²) >= 11 is 2.19. The Balaban J connectivity index is 2.16. The average molecular weight is 380 g/mol. The van der Waals surface area contributed by atoms with Crippen LogP contribution < -0.4 is 10.5 Å². The highest BCUT2D eigenvalue weighted by Crippen LogP contribution is 2.21. The Bertz CT molecular complexity index is 685. The van der Waals surface area contributed by atoms with Crippen molar-refractivity contribution in [3.63, 3.8) is 0 Å². The number of hydrogen-bond acceptors (Lipinski definition) is 4. The van der Waals surface area contributed by atoms with Gasteiger partial charge in [-0.05, 0) is 53.3 Å². The first-order valence-corrected chi connectivity index (χ1v) is 6.89. The number of halogens is 1. The van der Waals surface area contributed by atoms with E-state index in [0.717, 1.165) is 20.6 Å². The second-order valence-electron chi connectivity index (χ2n) is 4.01. The molecule has 0 unspecified atom stereocenters. The van der Waals surface area contributed by atoms with Crippen molar-refractivity contribution in [2.75, 3.05) is 12.3 Å². The Morgan fingerprint density at radius 1 is 1.60 bits per heavy atom. The van der Waals surface area contributed by atoms with Crippen LogP contribution in [0.25, 0.3) is 0 Å². The zero-order valence-electron chi connectivity index (χ0n) is 10.9. The second kappa shape index (κ2) is 6.43. The van der Waals surface area contributed by atoms with Gasteiger partial charge < -0.3 is 10.5 Å². The fourth-order valence-electron chi connectivity index (χ4n) is 1.56. The van der Waals surface area contributed by atoms with Crippen molar-refractivity contribution in [3.05, 3.63) is 39.2 Å². The van der Waals surface area contributed by atoms with Gasteiger partial charge in [0.05, 0.1) is 21.7 Å². The second-order valence-corrected chi connectivity index (χ2v) is 5.17. The molecule has 102 valence electrons. The van der Waals surface area contributed by atoms with Crippen molar-refractivity contribution < 1.29 is 4.74 Å². The lowest BCUT2D eigenvalue weighted by Gasteiger charge is -2.05. The predicted molar refractivity (Wildman–Crippen MR) is 87.9 cm³/mol. The fourth-order valence-corrected chi connectivity index (χ4v) is 2.25. The van der Waals surface area contributed by atoms with Gasteiger partial charge in [0.1, 0.15) is 12.4 Å². The van der Waals surface area contributed by atoms with E-state index < -0.39 is 0 Å². The molecule has 0 aliphatic rings. The van der Waals surface area contributed by atoms with Gasteiger partial charge in [0, 0.05) is 0 Å². The van der Waals surface area contributed by atoms with E-state index in [1.807, 2.05) is 25.1 Å². The molecule has 6 heteroatoms. The van der Waals surface area contributed by atoms with Crippen LogP contribution in [0.4, 0.5) is 5.95 Å². The van der Waals surface area contributed by atoms with E-state index in [1.165, 1.54) is 4.68 Å². The molecule has 0 aliphatic carbocycles. The Labute approximate surface area is 131 Å². The fraction of sp³-hybridized carbons (Fsp3) is 0.143. The molecule has 0 radical (unpaired) electrons. The third-order valence-corrected chi connectivity index (χ3v) is 3.28. The molecule has 0 fully saturated rings. The quantitative estimate of drug-likeness (QED) is 0.503. The van der Waals surface area contributed by atoms with Gasteiger partial charge >= 0.3 is 0 Å². The molecular formula is C14H13IN4O. The van der Waals surface area contributed by atoms with Gasteiger partial charge in [-0.1, -0.05) is 5.92 Å². The zero-order chi connectivity index (χ0) is 14.5. The van der Waals surface area contributed by atoms with E-state index in [1.54, 1.807) is 12.4 Å². The van der Waals surface area contributed by atoms with Crippen LogP contribution in [-0.4, -0.2) is 22.5 Å². The zero-order valence-corrected chi connectivity index (χ0v) is 13.0. The highest BCUT2D eigenvalue weighted by molar-refractivity contribution is 14.1. The van der Waals surface area contributed by atoms with Gasteiger partial charge in [-0.15, -0.1) is 6.42 Å². The monoisotopic (exact) mass is 380 g/mol. The number of benzene rings is 1. The summed E-state index contributed by atoms with van der Waals surface area (Å²) in [5.41, 5.74) is 7.48. The van der Waals surface area contributed by atoms with Crippen molar-refractivity contribution in [3.8, 4) is 18.1 Å². The minimum Gasteiger partial charge on any atom is -0.480 e. The minimum atomic E-state index is 0.258. The molecule has 0 saturated heterocycles. The number of imidazole rings is 1. The lowest BCUT2D eigenvalue weighted by Crippen LogP contribution is -1.98. The van der Waals surface area contributed by atoms with Gasteiger partial charge in [0.25, 0.3) is 0 Å². The number of aryl methyl sites for hydroxylation is 1. The largest absolute Gasteiger partial charge is 0.480 e. The van der Waals surface area contributed by atoms with Crippen molar-refractivity contribution in [2.45, 2.75) is 6.92 Å². The predicted octanol–water partition coefficient (Wildman–Crippen LogP) is 2.27. The van der Waals surface area contributed by atoms with Crippen LogP contribution in [0.2, 0.25) is 0 Å². The lowest BCUT2D eigenvalue weighted by atomic mass is 10.2. The van der Waals surface area contributed by atoms with Crippen molar-refractivity contribution >= 4 is 34.8 Å². The number of ether oxygens (including phenoxy) is 1. The summed E-state index contributed by atoms with van der Waals surface area (Å²) < 4.78 is 7.90. The molecule has 0 bridgehead atoms. The van der Waals surface area contributed by atoms with E-state index in [0.29, 0.717) is 5.95 Å². The van der Waals surface area contributed by atoms with Gasteiger partial charge in [-0.2, -0.15) is 5.10 Å². The minimum absolute atomic E-state index is 0.258. The first kappa shape index (κ1) is 14.4. The number of nitrogens with zero attached hydrogens (tertiary/aromatic N) is 3. The maximum Gasteiger partial charge on any atom is 0.221 e. The maximum atomic E-state index is 5.71. The van der Waals surface area contributed by atoms with E-state index in [4.69, 9.17) is 16.9 Å². The normalized spacial score (nSPS) is 10.7. The molecule has 1 aromatic heterocycles. The van der Waals surface area contributed by atoms with Gasteiger partial charge in [-0.3, -0.25) is 0 Å². The van der Waals surface area contributed by atoms with Crippen LogP contribution in [-0.2, 0) is 0 Å². The summed E-state index contributed by atoms with van der Waals surface area (Å²) in [6.07, 6.45) is 8.64. The van der Waals surface area contributed by atoms with Crippen LogP contribution in [0.15, 0.2) is 29.5 Å². The van der Waals surface area contributed by atoms with Crippen LogP contribution in [0, 0.1) is 22.8 Å². The molecule has 0 saturated carbocycles. The molecule has 1 heterocycles. The number of terminal acetylenes is 1. The number of hydrogen-bond donors (Lipinski definition) is 1. The molecule has 2 rings (SSSR count). The summed E-state index contributed by atoms with van der Waals surface area (Å²) in [7, 11) is 0. The summed E-state index contributed by atoms with van der Waals surface area (Å²) in [5.74, 6) is 3.56. The average Bonchev–Trinajstić information content (AvgIpc) is 2.73. The third-order valence-electron chi connectivity index (χ3n) is 2.43. The van der Waals surface area contributed by atoms with Gasteiger partial charge in [0.2, 0.25) is 5.95 Å². The van der Waals surface area contributed by atoms with E-state index in [2.05, 4.69) is 38.6 Å². The molecule has 0 spiro atoms. The molecule has 0 atom stereocenters. The summed E-state index contributed by atoms with van der Waals surface area (Å²) in [6, 6.07) is 5.72. The van der Waals surface area contributed by atoms with Crippen molar-refractivity contribution in [1.29, 1.82) is 0 Å². The number of nitrogen functional groups attached to an aromatic ring is 1. The Morgan fingerprint density at radius 3 is 3.00 bits per heavy atom. The van der Waals surface area contributed by atoms with Crippen LogP contribution >= 0.6 is 22.6 Å². The molecule has 0 aliphatic heterocycles. The molecule has 1 aromatic carbocycles. The summed E-state index contributed by atoms with van der Waals surface area (Å²) in [4.78, 5) is 4.08. The van der Waals surface area contributed by atoms with E-state index >= 15 is 0 Å². The SMILES string of the molecule is C#CCOc1ccc(C=Nn2cc(C)nc2N)cc1I. The third kappa shape index (κ3) is 3.51. The molecule has 2 N–H and O–H groups in total. The maximum absolute atomic E-state index is 5.71. The highest BCUT2D eigenvalue weighted by atomic mass is 127. The Morgan fingerprint density at radius 2 is 2.40 bits per heavy atom.